The van der Waals surface area contributed by atoms with Crippen molar-refractivity contribution in [3.05, 3.63) is 16.1 Å². The molecule has 0 bridgehead atoms. The summed E-state index contributed by atoms with van der Waals surface area (Å²) in [6.45, 7) is 6.45. The molecule has 1 rings (SSSR count). The predicted molar refractivity (Wildman–Crippen MR) is 66.4 cm³/mol. The predicted octanol–water partition coefficient (Wildman–Crippen LogP) is 1.09. The molecule has 0 saturated heterocycles. The standard InChI is InChI=1S/C11H19N3OS/c1-7(2)10(12)11(15)13-5-4-9-6-16-8(3)14-9/h6-7,10H,4-5,12H2,1-3H3,(H,13,15). The number of carbonyl (C=O) groups excluding carboxylic acids is 1. The van der Waals surface area contributed by atoms with Crippen LogP contribution in [0.2, 0.25) is 0 Å². The van der Waals surface area contributed by atoms with Crippen LogP contribution < -0.4 is 11.1 Å². The van der Waals surface area contributed by atoms with Gasteiger partial charge in [0.1, 0.15) is 0 Å². The van der Waals surface area contributed by atoms with Crippen LogP contribution in [0.3, 0.4) is 0 Å². The van der Waals surface area contributed by atoms with Gasteiger partial charge in [0.25, 0.3) is 0 Å². The van der Waals surface area contributed by atoms with E-state index in [4.69, 9.17) is 5.73 Å². The van der Waals surface area contributed by atoms with Crippen molar-refractivity contribution in [2.75, 3.05) is 6.54 Å². The molecule has 1 atom stereocenters. The summed E-state index contributed by atoms with van der Waals surface area (Å²) in [6.07, 6.45) is 0.765. The van der Waals surface area contributed by atoms with Crippen molar-refractivity contribution in [3.63, 3.8) is 0 Å². The molecule has 0 aromatic carbocycles. The fourth-order valence-corrected chi connectivity index (χ4v) is 1.90. The Balaban J connectivity index is 2.28. The van der Waals surface area contributed by atoms with E-state index in [1.165, 1.54) is 0 Å². The average Bonchev–Trinajstić information content (AvgIpc) is 2.62. The molecular weight excluding hydrogens is 222 g/mol. The molecule has 1 amide bonds. The zero-order valence-electron chi connectivity index (χ0n) is 9.99. The van der Waals surface area contributed by atoms with Crippen molar-refractivity contribution >= 4 is 17.2 Å². The van der Waals surface area contributed by atoms with E-state index < -0.39 is 6.04 Å². The quantitative estimate of drug-likeness (QED) is 0.811. The van der Waals surface area contributed by atoms with E-state index >= 15 is 0 Å². The van der Waals surface area contributed by atoms with Crippen molar-refractivity contribution < 1.29 is 4.79 Å². The van der Waals surface area contributed by atoms with Crippen LogP contribution >= 0.6 is 11.3 Å². The van der Waals surface area contributed by atoms with Crippen LogP contribution in [-0.4, -0.2) is 23.5 Å². The first-order valence-corrected chi connectivity index (χ1v) is 6.33. The Kier molecular flexibility index (Phi) is 4.89. The van der Waals surface area contributed by atoms with Gasteiger partial charge in [0, 0.05) is 18.3 Å². The van der Waals surface area contributed by atoms with Gasteiger partial charge in [-0.15, -0.1) is 11.3 Å². The molecule has 0 aliphatic heterocycles. The second-order valence-corrected chi connectivity index (χ2v) is 5.23. The first-order chi connectivity index (χ1) is 7.50. The molecule has 1 aromatic heterocycles. The zero-order valence-corrected chi connectivity index (χ0v) is 10.8. The van der Waals surface area contributed by atoms with E-state index in [-0.39, 0.29) is 11.8 Å². The number of amides is 1. The van der Waals surface area contributed by atoms with Gasteiger partial charge in [-0.1, -0.05) is 13.8 Å². The van der Waals surface area contributed by atoms with Crippen molar-refractivity contribution in [2.24, 2.45) is 11.7 Å². The lowest BCUT2D eigenvalue weighted by molar-refractivity contribution is -0.123. The minimum Gasteiger partial charge on any atom is -0.354 e. The zero-order chi connectivity index (χ0) is 12.1. The number of carbonyl (C=O) groups is 1. The van der Waals surface area contributed by atoms with Crippen LogP contribution in [-0.2, 0) is 11.2 Å². The summed E-state index contributed by atoms with van der Waals surface area (Å²) >= 11 is 1.63. The molecule has 3 N–H and O–H groups in total. The molecule has 1 heterocycles. The van der Waals surface area contributed by atoms with Crippen LogP contribution in [0.25, 0.3) is 0 Å². The van der Waals surface area contributed by atoms with Gasteiger partial charge in [0.2, 0.25) is 5.91 Å². The summed E-state index contributed by atoms with van der Waals surface area (Å²) in [6, 6.07) is -0.419. The Labute approximate surface area is 100 Å². The van der Waals surface area contributed by atoms with Crippen LogP contribution in [0.4, 0.5) is 0 Å². The maximum absolute atomic E-state index is 11.5. The van der Waals surface area contributed by atoms with Gasteiger partial charge in [-0.3, -0.25) is 4.79 Å². The third-order valence-electron chi connectivity index (χ3n) is 2.37. The molecular formula is C11H19N3OS. The summed E-state index contributed by atoms with van der Waals surface area (Å²) < 4.78 is 0. The molecule has 0 fully saturated rings. The third kappa shape index (κ3) is 3.90. The van der Waals surface area contributed by atoms with Crippen LogP contribution in [0.5, 0.6) is 0 Å². The molecule has 0 aliphatic rings. The molecule has 0 saturated carbocycles. The van der Waals surface area contributed by atoms with Crippen molar-refractivity contribution in [1.82, 2.24) is 10.3 Å². The highest BCUT2D eigenvalue weighted by atomic mass is 32.1. The van der Waals surface area contributed by atoms with Crippen molar-refractivity contribution in [3.8, 4) is 0 Å². The molecule has 16 heavy (non-hydrogen) atoms. The smallest absolute Gasteiger partial charge is 0.237 e. The SMILES string of the molecule is Cc1nc(CCNC(=O)C(N)C(C)C)cs1. The summed E-state index contributed by atoms with van der Waals surface area (Å²) in [5.74, 6) is 0.0865. The Bertz CT molecular complexity index is 349. The van der Waals surface area contributed by atoms with Crippen LogP contribution in [0, 0.1) is 12.8 Å². The molecule has 0 radical (unpaired) electrons. The number of nitrogens with zero attached hydrogens (tertiary/aromatic N) is 1. The summed E-state index contributed by atoms with van der Waals surface area (Å²) in [5.41, 5.74) is 6.75. The van der Waals surface area contributed by atoms with Crippen molar-refractivity contribution in [1.29, 1.82) is 0 Å². The normalized spacial score (nSPS) is 12.8. The molecule has 0 aliphatic carbocycles. The van der Waals surface area contributed by atoms with Gasteiger partial charge in [0.15, 0.2) is 0 Å². The lowest BCUT2D eigenvalue weighted by Gasteiger charge is -2.14. The molecule has 5 heteroatoms. The Morgan fingerprint density at radius 3 is 2.81 bits per heavy atom. The number of rotatable bonds is 5. The number of hydrogen-bond donors (Lipinski definition) is 2. The van der Waals surface area contributed by atoms with Gasteiger partial charge in [-0.25, -0.2) is 4.98 Å². The van der Waals surface area contributed by atoms with Gasteiger partial charge < -0.3 is 11.1 Å². The number of hydrogen-bond acceptors (Lipinski definition) is 4. The van der Waals surface area contributed by atoms with E-state index in [0.717, 1.165) is 17.1 Å². The summed E-state index contributed by atoms with van der Waals surface area (Å²) in [4.78, 5) is 15.8. The topological polar surface area (TPSA) is 68.0 Å². The number of nitrogens with one attached hydrogen (secondary N) is 1. The van der Waals surface area contributed by atoms with Crippen LogP contribution in [0.15, 0.2) is 5.38 Å². The Morgan fingerprint density at radius 1 is 1.62 bits per heavy atom. The second-order valence-electron chi connectivity index (χ2n) is 4.17. The number of aromatic nitrogens is 1. The lowest BCUT2D eigenvalue weighted by atomic mass is 10.1. The fourth-order valence-electron chi connectivity index (χ4n) is 1.26. The lowest BCUT2D eigenvalue weighted by Crippen LogP contribution is -2.44. The van der Waals surface area contributed by atoms with Gasteiger partial charge in [0.05, 0.1) is 16.7 Å². The van der Waals surface area contributed by atoms with Gasteiger partial charge >= 0.3 is 0 Å². The highest BCUT2D eigenvalue weighted by Crippen LogP contribution is 2.07. The van der Waals surface area contributed by atoms with Gasteiger partial charge in [-0.05, 0) is 12.8 Å². The summed E-state index contributed by atoms with van der Waals surface area (Å²) in [7, 11) is 0. The van der Waals surface area contributed by atoms with E-state index in [1.54, 1.807) is 11.3 Å². The van der Waals surface area contributed by atoms with Gasteiger partial charge in [-0.2, -0.15) is 0 Å². The second kappa shape index (κ2) is 5.96. The molecule has 4 nitrogen and oxygen atoms in total. The van der Waals surface area contributed by atoms with Crippen molar-refractivity contribution in [2.45, 2.75) is 33.2 Å². The largest absolute Gasteiger partial charge is 0.354 e. The van der Waals surface area contributed by atoms with Crippen LogP contribution in [0.1, 0.15) is 24.5 Å². The Hall–Kier alpha value is -0.940. The highest BCUT2D eigenvalue weighted by Gasteiger charge is 2.16. The molecule has 1 unspecified atom stereocenters. The first-order valence-electron chi connectivity index (χ1n) is 5.45. The number of thiazole rings is 1. The first kappa shape index (κ1) is 13.1. The minimum atomic E-state index is -0.419. The van der Waals surface area contributed by atoms with E-state index in [0.29, 0.717) is 6.54 Å². The molecule has 1 aromatic rings. The Morgan fingerprint density at radius 2 is 2.31 bits per heavy atom. The molecule has 0 spiro atoms. The maximum atomic E-state index is 11.5. The maximum Gasteiger partial charge on any atom is 0.237 e. The number of nitrogens with two attached hydrogens (primary N) is 1. The summed E-state index contributed by atoms with van der Waals surface area (Å²) in [5, 5.41) is 5.90. The molecule has 90 valence electrons. The van der Waals surface area contributed by atoms with E-state index in [9.17, 15) is 4.79 Å². The minimum absolute atomic E-state index is 0.0815. The average molecular weight is 241 g/mol. The van der Waals surface area contributed by atoms with E-state index in [2.05, 4.69) is 10.3 Å². The monoisotopic (exact) mass is 241 g/mol. The highest BCUT2D eigenvalue weighted by molar-refractivity contribution is 7.09. The third-order valence-corrected chi connectivity index (χ3v) is 3.19. The number of aryl methyl sites for hydroxylation is 1. The fraction of sp³-hybridized carbons (Fsp3) is 0.636. The van der Waals surface area contributed by atoms with E-state index in [1.807, 2.05) is 26.2 Å².